The lowest BCUT2D eigenvalue weighted by molar-refractivity contribution is -0.142. The van der Waals surface area contributed by atoms with Crippen molar-refractivity contribution in [2.45, 2.75) is 38.8 Å². The van der Waals surface area contributed by atoms with Crippen molar-refractivity contribution in [2.24, 2.45) is 5.41 Å². The monoisotopic (exact) mass is 272 g/mol. The summed E-state index contributed by atoms with van der Waals surface area (Å²) >= 11 is 0. The van der Waals surface area contributed by atoms with E-state index in [4.69, 9.17) is 0 Å². The number of aliphatic carboxylic acids is 1. The highest BCUT2D eigenvalue weighted by atomic mass is 19.4. The third-order valence-electron chi connectivity index (χ3n) is 4.14. The van der Waals surface area contributed by atoms with Gasteiger partial charge in [-0.1, -0.05) is 26.0 Å². The van der Waals surface area contributed by atoms with Gasteiger partial charge < -0.3 is 5.11 Å². The summed E-state index contributed by atoms with van der Waals surface area (Å²) in [6.45, 7) is 4.89. The molecule has 0 bridgehead atoms. The van der Waals surface area contributed by atoms with Crippen molar-refractivity contribution in [3.8, 4) is 0 Å². The second kappa shape index (κ2) is 3.74. The Morgan fingerprint density at radius 1 is 1.32 bits per heavy atom. The first-order chi connectivity index (χ1) is 8.52. The molecule has 0 amide bonds. The first-order valence-corrected chi connectivity index (χ1v) is 5.94. The summed E-state index contributed by atoms with van der Waals surface area (Å²) in [5.74, 6) is -1.06. The topological polar surface area (TPSA) is 37.3 Å². The standard InChI is InChI=1S/C14H15F3O2/c1-8-4-5-9(6-10(8)14(15,16)17)13(11(18)19)7-12(13,2)3/h4-6H,7H2,1-3H3,(H,18,19). The van der Waals surface area contributed by atoms with Crippen molar-refractivity contribution < 1.29 is 23.1 Å². The highest BCUT2D eigenvalue weighted by molar-refractivity contribution is 5.87. The Morgan fingerprint density at radius 3 is 2.21 bits per heavy atom. The van der Waals surface area contributed by atoms with Crippen LogP contribution in [0.1, 0.15) is 37.0 Å². The molecule has 1 aromatic rings. The quantitative estimate of drug-likeness (QED) is 0.889. The number of benzene rings is 1. The SMILES string of the molecule is Cc1ccc(C2(C(=O)O)CC2(C)C)cc1C(F)(F)F. The first-order valence-electron chi connectivity index (χ1n) is 5.94. The minimum absolute atomic E-state index is 0.107. The largest absolute Gasteiger partial charge is 0.481 e. The molecule has 0 aliphatic heterocycles. The lowest BCUT2D eigenvalue weighted by atomic mass is 9.86. The number of carbonyl (C=O) groups is 1. The number of rotatable bonds is 2. The van der Waals surface area contributed by atoms with Gasteiger partial charge in [-0.2, -0.15) is 13.2 Å². The highest BCUT2D eigenvalue weighted by Gasteiger charge is 2.67. The Hall–Kier alpha value is -1.52. The maximum Gasteiger partial charge on any atom is 0.416 e. The molecule has 0 radical (unpaired) electrons. The van der Waals surface area contributed by atoms with E-state index >= 15 is 0 Å². The second-order valence-corrected chi connectivity index (χ2v) is 5.80. The predicted octanol–water partition coefficient (Wildman–Crippen LogP) is 3.77. The molecule has 1 fully saturated rings. The van der Waals surface area contributed by atoms with Crippen LogP contribution in [0.4, 0.5) is 13.2 Å². The number of aryl methyl sites for hydroxylation is 1. The molecule has 1 aliphatic carbocycles. The minimum Gasteiger partial charge on any atom is -0.481 e. The van der Waals surface area contributed by atoms with Gasteiger partial charge in [-0.25, -0.2) is 0 Å². The lowest BCUT2D eigenvalue weighted by Crippen LogP contribution is -2.26. The van der Waals surface area contributed by atoms with Crippen LogP contribution in [0, 0.1) is 12.3 Å². The average Bonchev–Trinajstić information content (AvgIpc) is 2.82. The molecule has 0 saturated heterocycles. The van der Waals surface area contributed by atoms with Crippen LogP contribution in [-0.4, -0.2) is 11.1 Å². The van der Waals surface area contributed by atoms with E-state index in [-0.39, 0.29) is 11.1 Å². The third-order valence-corrected chi connectivity index (χ3v) is 4.14. The van der Waals surface area contributed by atoms with Gasteiger partial charge >= 0.3 is 12.1 Å². The van der Waals surface area contributed by atoms with Gasteiger partial charge in [0.15, 0.2) is 0 Å². The molecule has 1 aliphatic rings. The number of carboxylic acid groups (broad SMARTS) is 1. The molecule has 1 saturated carbocycles. The van der Waals surface area contributed by atoms with Crippen LogP contribution in [0.15, 0.2) is 18.2 Å². The van der Waals surface area contributed by atoms with Crippen molar-refractivity contribution in [2.75, 3.05) is 0 Å². The van der Waals surface area contributed by atoms with Crippen LogP contribution < -0.4 is 0 Å². The number of hydrogen-bond acceptors (Lipinski definition) is 1. The van der Waals surface area contributed by atoms with E-state index in [1.807, 2.05) is 0 Å². The third kappa shape index (κ3) is 1.91. The van der Waals surface area contributed by atoms with Crippen LogP contribution in [0.25, 0.3) is 0 Å². The summed E-state index contributed by atoms with van der Waals surface area (Å²) in [6, 6.07) is 3.82. The molecule has 1 aromatic carbocycles. The van der Waals surface area contributed by atoms with E-state index in [0.717, 1.165) is 6.07 Å². The molecular formula is C14H15F3O2. The Labute approximate surface area is 109 Å². The summed E-state index contributed by atoms with van der Waals surface area (Å²) < 4.78 is 38.7. The smallest absolute Gasteiger partial charge is 0.416 e. The van der Waals surface area contributed by atoms with Crippen LogP contribution in [0.3, 0.4) is 0 Å². The fourth-order valence-electron chi connectivity index (χ4n) is 2.79. The van der Waals surface area contributed by atoms with Crippen LogP contribution in [-0.2, 0) is 16.4 Å². The predicted molar refractivity (Wildman–Crippen MR) is 63.9 cm³/mol. The summed E-state index contributed by atoms with van der Waals surface area (Å²) in [7, 11) is 0. The minimum atomic E-state index is -4.46. The average molecular weight is 272 g/mol. The summed E-state index contributed by atoms with van der Waals surface area (Å²) in [5, 5.41) is 9.37. The molecule has 19 heavy (non-hydrogen) atoms. The normalized spacial score (nSPS) is 25.2. The fraction of sp³-hybridized carbons (Fsp3) is 0.500. The van der Waals surface area contributed by atoms with E-state index in [0.29, 0.717) is 6.42 Å². The first kappa shape index (κ1) is 13.9. The van der Waals surface area contributed by atoms with Crippen molar-refractivity contribution in [3.05, 3.63) is 34.9 Å². The van der Waals surface area contributed by atoms with E-state index in [9.17, 15) is 23.1 Å². The highest BCUT2D eigenvalue weighted by Crippen LogP contribution is 2.64. The zero-order valence-corrected chi connectivity index (χ0v) is 10.9. The summed E-state index contributed by atoms with van der Waals surface area (Å²) in [6.07, 6.45) is -4.10. The zero-order valence-electron chi connectivity index (χ0n) is 10.9. The molecule has 0 spiro atoms. The molecule has 1 atom stereocenters. The molecule has 2 rings (SSSR count). The number of alkyl halides is 3. The number of hydrogen-bond donors (Lipinski definition) is 1. The Balaban J connectivity index is 2.57. The number of halogens is 3. The maximum atomic E-state index is 12.9. The van der Waals surface area contributed by atoms with E-state index in [1.54, 1.807) is 13.8 Å². The van der Waals surface area contributed by atoms with Crippen molar-refractivity contribution in [1.82, 2.24) is 0 Å². The van der Waals surface area contributed by atoms with Crippen molar-refractivity contribution in [1.29, 1.82) is 0 Å². The van der Waals surface area contributed by atoms with Gasteiger partial charge in [-0.3, -0.25) is 4.79 Å². The Bertz CT molecular complexity index is 546. The van der Waals surface area contributed by atoms with E-state index in [2.05, 4.69) is 0 Å². The van der Waals surface area contributed by atoms with Gasteiger partial charge in [0, 0.05) is 0 Å². The van der Waals surface area contributed by atoms with Gasteiger partial charge in [0.2, 0.25) is 0 Å². The van der Waals surface area contributed by atoms with Gasteiger partial charge in [0.25, 0.3) is 0 Å². The summed E-state index contributed by atoms with van der Waals surface area (Å²) in [5.41, 5.74) is -2.12. The summed E-state index contributed by atoms with van der Waals surface area (Å²) in [4.78, 5) is 11.5. The van der Waals surface area contributed by atoms with E-state index < -0.39 is 28.5 Å². The Kier molecular flexibility index (Phi) is 2.74. The second-order valence-electron chi connectivity index (χ2n) is 5.80. The zero-order chi connectivity index (χ0) is 14.6. The van der Waals surface area contributed by atoms with Gasteiger partial charge in [-0.05, 0) is 36.0 Å². The molecule has 2 nitrogen and oxygen atoms in total. The van der Waals surface area contributed by atoms with Crippen LogP contribution >= 0.6 is 0 Å². The van der Waals surface area contributed by atoms with Gasteiger partial charge in [0.1, 0.15) is 0 Å². The molecule has 1 N–H and O–H groups in total. The maximum absolute atomic E-state index is 12.9. The fourth-order valence-corrected chi connectivity index (χ4v) is 2.79. The van der Waals surface area contributed by atoms with E-state index in [1.165, 1.54) is 19.1 Å². The molecule has 5 heteroatoms. The molecule has 0 aromatic heterocycles. The van der Waals surface area contributed by atoms with Crippen molar-refractivity contribution >= 4 is 5.97 Å². The van der Waals surface area contributed by atoms with Crippen molar-refractivity contribution in [3.63, 3.8) is 0 Å². The molecule has 0 heterocycles. The van der Waals surface area contributed by atoms with Gasteiger partial charge in [-0.15, -0.1) is 0 Å². The molecule has 1 unspecified atom stereocenters. The van der Waals surface area contributed by atoms with Gasteiger partial charge in [0.05, 0.1) is 11.0 Å². The molecule has 104 valence electrons. The van der Waals surface area contributed by atoms with Crippen LogP contribution in [0.2, 0.25) is 0 Å². The Morgan fingerprint density at radius 2 is 1.84 bits per heavy atom. The number of carboxylic acids is 1. The lowest BCUT2D eigenvalue weighted by Gasteiger charge is -2.19. The van der Waals surface area contributed by atoms with Crippen LogP contribution in [0.5, 0.6) is 0 Å². The molecular weight excluding hydrogens is 257 g/mol.